The molecular formula is C26H25NO5. The van der Waals surface area contributed by atoms with Gasteiger partial charge in [0.05, 0.1) is 26.5 Å². The quantitative estimate of drug-likeness (QED) is 0.589. The first kappa shape index (κ1) is 21.6. The highest BCUT2D eigenvalue weighted by molar-refractivity contribution is 6.08. The lowest BCUT2D eigenvalue weighted by Crippen LogP contribution is -2.41. The number of Topliss-reactive ketones (excluding diaryl/α,β-unsaturated/α-hetero) is 1. The van der Waals surface area contributed by atoms with Crippen molar-refractivity contribution < 1.29 is 24.2 Å². The zero-order chi connectivity index (χ0) is 22.7. The van der Waals surface area contributed by atoms with Crippen molar-refractivity contribution >= 4 is 17.4 Å². The molecule has 6 nitrogen and oxygen atoms in total. The number of benzene rings is 3. The highest BCUT2D eigenvalue weighted by Gasteiger charge is 2.50. The number of nitrogens with zero attached hydrogens (tertiary/aromatic N) is 1. The second kappa shape index (κ2) is 8.85. The molecule has 0 fully saturated rings. The van der Waals surface area contributed by atoms with Crippen LogP contribution in [0.4, 0.5) is 5.69 Å². The Morgan fingerprint density at radius 3 is 2.31 bits per heavy atom. The van der Waals surface area contributed by atoms with E-state index in [0.717, 1.165) is 11.1 Å². The van der Waals surface area contributed by atoms with E-state index >= 15 is 0 Å². The van der Waals surface area contributed by atoms with Gasteiger partial charge < -0.3 is 19.5 Å². The van der Waals surface area contributed by atoms with Crippen LogP contribution < -0.4 is 14.4 Å². The van der Waals surface area contributed by atoms with Crippen molar-refractivity contribution in [3.8, 4) is 11.5 Å². The fourth-order valence-corrected chi connectivity index (χ4v) is 4.17. The van der Waals surface area contributed by atoms with E-state index in [1.165, 1.54) is 4.90 Å². The molecule has 1 heterocycles. The number of rotatable bonds is 8. The lowest BCUT2D eigenvalue weighted by atomic mass is 9.88. The number of methoxy groups -OCH3 is 2. The summed E-state index contributed by atoms with van der Waals surface area (Å²) >= 11 is 0. The molecule has 1 amide bonds. The number of amides is 1. The van der Waals surface area contributed by atoms with E-state index < -0.39 is 11.5 Å². The summed E-state index contributed by atoms with van der Waals surface area (Å²) in [6, 6.07) is 21.8. The summed E-state index contributed by atoms with van der Waals surface area (Å²) in [7, 11) is 3.11. The van der Waals surface area contributed by atoms with Gasteiger partial charge >= 0.3 is 0 Å². The Hall–Kier alpha value is -3.64. The van der Waals surface area contributed by atoms with Crippen LogP contribution in [0.5, 0.6) is 11.5 Å². The molecule has 0 unspecified atom stereocenters. The van der Waals surface area contributed by atoms with E-state index in [2.05, 4.69) is 0 Å². The first-order valence-electron chi connectivity index (χ1n) is 10.4. The molecule has 3 aromatic rings. The smallest absolute Gasteiger partial charge is 0.264 e. The van der Waals surface area contributed by atoms with Gasteiger partial charge in [-0.05, 0) is 29.3 Å². The molecule has 1 aliphatic heterocycles. The van der Waals surface area contributed by atoms with Gasteiger partial charge in [-0.1, -0.05) is 54.6 Å². The molecule has 0 saturated heterocycles. The largest absolute Gasteiger partial charge is 0.493 e. The molecule has 32 heavy (non-hydrogen) atoms. The third-order valence-corrected chi connectivity index (χ3v) is 5.73. The Balaban J connectivity index is 1.61. The van der Waals surface area contributed by atoms with E-state index in [1.807, 2.05) is 42.5 Å². The second-order valence-electron chi connectivity index (χ2n) is 7.84. The van der Waals surface area contributed by atoms with Gasteiger partial charge in [0.25, 0.3) is 5.91 Å². The van der Waals surface area contributed by atoms with Crippen molar-refractivity contribution in [2.45, 2.75) is 25.0 Å². The number of aliphatic hydroxyl groups is 1. The van der Waals surface area contributed by atoms with E-state index in [0.29, 0.717) is 22.7 Å². The number of hydrogen-bond donors (Lipinski definition) is 1. The molecule has 0 bridgehead atoms. The van der Waals surface area contributed by atoms with Crippen LogP contribution >= 0.6 is 0 Å². The molecule has 4 rings (SSSR count). The average molecular weight is 431 g/mol. The zero-order valence-electron chi connectivity index (χ0n) is 18.1. The van der Waals surface area contributed by atoms with Crippen LogP contribution in [0.25, 0.3) is 0 Å². The third-order valence-electron chi connectivity index (χ3n) is 5.73. The molecule has 0 spiro atoms. The molecular weight excluding hydrogens is 406 g/mol. The van der Waals surface area contributed by atoms with Gasteiger partial charge in [-0.15, -0.1) is 0 Å². The molecule has 6 heteroatoms. The van der Waals surface area contributed by atoms with Crippen molar-refractivity contribution in [3.05, 3.63) is 89.5 Å². The number of ether oxygens (including phenoxy) is 2. The first-order valence-corrected chi connectivity index (χ1v) is 10.4. The number of carbonyl (C=O) groups excluding carboxylic acids is 2. The fourth-order valence-electron chi connectivity index (χ4n) is 4.17. The Kier molecular flexibility index (Phi) is 5.97. The van der Waals surface area contributed by atoms with Crippen molar-refractivity contribution in [3.63, 3.8) is 0 Å². The van der Waals surface area contributed by atoms with Crippen LogP contribution in [-0.4, -0.2) is 31.0 Å². The lowest BCUT2D eigenvalue weighted by molar-refractivity contribution is -0.141. The molecule has 3 aromatic carbocycles. The van der Waals surface area contributed by atoms with E-state index in [-0.39, 0.29) is 25.2 Å². The summed E-state index contributed by atoms with van der Waals surface area (Å²) in [6.45, 7) is 0.228. The number of ketones is 1. The van der Waals surface area contributed by atoms with Gasteiger partial charge in [-0.3, -0.25) is 9.59 Å². The van der Waals surface area contributed by atoms with Gasteiger partial charge in [-0.2, -0.15) is 0 Å². The molecule has 0 radical (unpaired) electrons. The molecule has 0 aliphatic carbocycles. The molecule has 0 aromatic heterocycles. The number of anilines is 1. The van der Waals surface area contributed by atoms with Gasteiger partial charge in [0.2, 0.25) is 0 Å². The number of fused-ring (bicyclic) bond motifs is 1. The molecule has 1 atom stereocenters. The van der Waals surface area contributed by atoms with Gasteiger partial charge in [-0.25, -0.2) is 0 Å². The maximum Gasteiger partial charge on any atom is 0.264 e. The normalized spacial score (nSPS) is 17.2. The predicted octanol–water partition coefficient (Wildman–Crippen LogP) is 3.64. The lowest BCUT2D eigenvalue weighted by Gasteiger charge is -2.23. The minimum absolute atomic E-state index is 0.161. The maximum absolute atomic E-state index is 13.4. The van der Waals surface area contributed by atoms with Crippen LogP contribution in [0.15, 0.2) is 72.8 Å². The summed E-state index contributed by atoms with van der Waals surface area (Å²) in [4.78, 5) is 27.7. The Morgan fingerprint density at radius 1 is 0.906 bits per heavy atom. The van der Waals surface area contributed by atoms with Gasteiger partial charge in [0.1, 0.15) is 5.78 Å². The Labute approximate surface area is 187 Å². The van der Waals surface area contributed by atoms with E-state index in [4.69, 9.17) is 9.47 Å². The van der Waals surface area contributed by atoms with Crippen molar-refractivity contribution in [1.82, 2.24) is 0 Å². The van der Waals surface area contributed by atoms with Gasteiger partial charge in [0.15, 0.2) is 17.1 Å². The highest BCUT2D eigenvalue weighted by atomic mass is 16.5. The zero-order valence-corrected chi connectivity index (χ0v) is 18.1. The summed E-state index contributed by atoms with van der Waals surface area (Å²) in [5.41, 5.74) is 0.820. The Bertz CT molecular complexity index is 1140. The summed E-state index contributed by atoms with van der Waals surface area (Å²) < 4.78 is 10.6. The molecule has 164 valence electrons. The van der Waals surface area contributed by atoms with Crippen LogP contribution in [0.2, 0.25) is 0 Å². The monoisotopic (exact) mass is 431 g/mol. The Morgan fingerprint density at radius 2 is 1.59 bits per heavy atom. The van der Waals surface area contributed by atoms with Crippen molar-refractivity contribution in [2.24, 2.45) is 0 Å². The summed E-state index contributed by atoms with van der Waals surface area (Å²) in [5, 5.41) is 11.4. The van der Waals surface area contributed by atoms with Crippen molar-refractivity contribution in [1.29, 1.82) is 0 Å². The van der Waals surface area contributed by atoms with E-state index in [1.54, 1.807) is 44.6 Å². The third kappa shape index (κ3) is 3.97. The van der Waals surface area contributed by atoms with Crippen LogP contribution in [0.3, 0.4) is 0 Å². The van der Waals surface area contributed by atoms with Gasteiger partial charge in [0, 0.05) is 18.4 Å². The van der Waals surface area contributed by atoms with E-state index in [9.17, 15) is 14.7 Å². The van der Waals surface area contributed by atoms with Crippen LogP contribution in [0.1, 0.15) is 23.1 Å². The highest BCUT2D eigenvalue weighted by Crippen LogP contribution is 2.43. The van der Waals surface area contributed by atoms with Crippen molar-refractivity contribution in [2.75, 3.05) is 19.1 Å². The number of carbonyl (C=O) groups is 2. The fraction of sp³-hybridized carbons (Fsp3) is 0.231. The summed E-state index contributed by atoms with van der Waals surface area (Å²) in [5.74, 6) is 0.440. The van der Waals surface area contributed by atoms with Crippen LogP contribution in [-0.2, 0) is 28.2 Å². The average Bonchev–Trinajstić information content (AvgIpc) is 3.01. The molecule has 0 saturated carbocycles. The predicted molar refractivity (Wildman–Crippen MR) is 121 cm³/mol. The molecule has 1 N–H and O–H groups in total. The second-order valence-corrected chi connectivity index (χ2v) is 7.84. The first-order chi connectivity index (χ1) is 15.5. The SMILES string of the molecule is COc1ccc(CN2C(=O)[C@@](O)(CC(=O)Cc3ccccc3)c3ccccc32)cc1OC. The van der Waals surface area contributed by atoms with Crippen LogP contribution in [0, 0.1) is 0 Å². The molecule has 1 aliphatic rings. The minimum atomic E-state index is -1.89. The maximum atomic E-state index is 13.4. The standard InChI is InChI=1S/C26H25NO5/c1-31-23-13-12-19(15-24(23)32-2)17-27-22-11-7-6-10-21(22)26(30,25(27)29)16-20(28)14-18-8-4-3-5-9-18/h3-13,15,30H,14,16-17H2,1-2H3/t26-/m1/s1. The number of hydrogen-bond acceptors (Lipinski definition) is 5. The minimum Gasteiger partial charge on any atom is -0.493 e. The topological polar surface area (TPSA) is 76.1 Å². The summed E-state index contributed by atoms with van der Waals surface area (Å²) in [6.07, 6.45) is -0.117. The number of para-hydroxylation sites is 1.